The normalized spacial score (nSPS) is 21.6. The molecule has 0 amide bonds. The second-order valence-electron chi connectivity index (χ2n) is 6.89. The number of hydrogen-bond donors (Lipinski definition) is 0. The molecule has 6 heteroatoms. The van der Waals surface area contributed by atoms with Gasteiger partial charge in [-0.1, -0.05) is 0 Å². The number of fused-ring (bicyclic) bond motifs is 1. The Labute approximate surface area is 141 Å². The van der Waals surface area contributed by atoms with Gasteiger partial charge >= 0.3 is 0 Å². The van der Waals surface area contributed by atoms with Crippen molar-refractivity contribution in [3.05, 3.63) is 33.5 Å². The summed E-state index contributed by atoms with van der Waals surface area (Å²) < 4.78 is 8.05. The molecule has 2 aromatic rings. The third-order valence-electron chi connectivity index (χ3n) is 4.91. The van der Waals surface area contributed by atoms with Crippen LogP contribution in [0.15, 0.2) is 11.7 Å². The highest BCUT2D eigenvalue weighted by Crippen LogP contribution is 2.32. The molecular weight excluding hydrogens is 308 g/mol. The van der Waals surface area contributed by atoms with Gasteiger partial charge in [0.2, 0.25) is 0 Å². The standard InChI is InChI=1S/C17H24N4OS/c1-12-16(23-11-18-12)8-21-6-14-5-19-20(2)17(14)15(7-21)10-22-9-13-3-4-13/h5,11,13,15H,3-4,6-10H2,1-2H3. The topological polar surface area (TPSA) is 43.2 Å². The Kier molecular flexibility index (Phi) is 4.22. The Hall–Kier alpha value is -1.24. The average Bonchev–Trinajstić information content (AvgIpc) is 3.16. The van der Waals surface area contributed by atoms with Crippen molar-refractivity contribution in [2.75, 3.05) is 19.8 Å². The van der Waals surface area contributed by atoms with Crippen molar-refractivity contribution >= 4 is 11.3 Å². The van der Waals surface area contributed by atoms with Gasteiger partial charge in [0.1, 0.15) is 0 Å². The molecular formula is C17H24N4OS. The molecule has 2 aromatic heterocycles. The second kappa shape index (κ2) is 6.34. The summed E-state index contributed by atoms with van der Waals surface area (Å²) in [6.07, 6.45) is 4.71. The van der Waals surface area contributed by atoms with Crippen LogP contribution in [0.1, 0.15) is 40.6 Å². The zero-order valence-corrected chi connectivity index (χ0v) is 14.7. The van der Waals surface area contributed by atoms with Gasteiger partial charge in [0.15, 0.2) is 0 Å². The van der Waals surface area contributed by atoms with E-state index in [-0.39, 0.29) is 0 Å². The van der Waals surface area contributed by atoms with Crippen LogP contribution in [0.5, 0.6) is 0 Å². The smallest absolute Gasteiger partial charge is 0.0798 e. The molecule has 1 fully saturated rings. The Morgan fingerprint density at radius 1 is 1.35 bits per heavy atom. The highest BCUT2D eigenvalue weighted by Gasteiger charge is 2.30. The van der Waals surface area contributed by atoms with Crippen molar-refractivity contribution in [1.82, 2.24) is 19.7 Å². The Balaban J connectivity index is 1.47. The first-order valence-electron chi connectivity index (χ1n) is 8.40. The van der Waals surface area contributed by atoms with E-state index in [0.29, 0.717) is 5.92 Å². The number of rotatable bonds is 6. The van der Waals surface area contributed by atoms with E-state index in [4.69, 9.17) is 4.74 Å². The molecule has 0 N–H and O–H groups in total. The molecule has 0 radical (unpaired) electrons. The minimum atomic E-state index is 0.415. The lowest BCUT2D eigenvalue weighted by molar-refractivity contribution is 0.0871. The molecule has 5 nitrogen and oxygen atoms in total. The number of thiazole rings is 1. The highest BCUT2D eigenvalue weighted by atomic mass is 32.1. The van der Waals surface area contributed by atoms with Crippen LogP contribution in [0, 0.1) is 12.8 Å². The molecule has 4 rings (SSSR count). The maximum absolute atomic E-state index is 6.01. The minimum absolute atomic E-state index is 0.415. The van der Waals surface area contributed by atoms with E-state index in [9.17, 15) is 0 Å². The average molecular weight is 332 g/mol. The number of aromatic nitrogens is 3. The zero-order valence-electron chi connectivity index (χ0n) is 13.9. The van der Waals surface area contributed by atoms with E-state index >= 15 is 0 Å². The van der Waals surface area contributed by atoms with Crippen molar-refractivity contribution in [3.63, 3.8) is 0 Å². The van der Waals surface area contributed by atoms with Crippen molar-refractivity contribution in [2.45, 2.75) is 38.8 Å². The first-order chi connectivity index (χ1) is 11.2. The summed E-state index contributed by atoms with van der Waals surface area (Å²) in [6, 6.07) is 0. The lowest BCUT2D eigenvalue weighted by Gasteiger charge is -2.32. The molecule has 2 aliphatic rings. The fraction of sp³-hybridized carbons (Fsp3) is 0.647. The predicted molar refractivity (Wildman–Crippen MR) is 90.5 cm³/mol. The largest absolute Gasteiger partial charge is 0.380 e. The number of hydrogen-bond acceptors (Lipinski definition) is 5. The van der Waals surface area contributed by atoms with Crippen LogP contribution in [0.3, 0.4) is 0 Å². The Morgan fingerprint density at radius 3 is 2.96 bits per heavy atom. The van der Waals surface area contributed by atoms with Gasteiger partial charge in [-0.2, -0.15) is 5.10 Å². The monoisotopic (exact) mass is 332 g/mol. The summed E-state index contributed by atoms with van der Waals surface area (Å²) in [5.41, 5.74) is 5.81. The van der Waals surface area contributed by atoms with E-state index in [0.717, 1.165) is 44.5 Å². The fourth-order valence-corrected chi connectivity index (χ4v) is 4.26. The zero-order chi connectivity index (χ0) is 15.8. The molecule has 0 aromatic carbocycles. The molecule has 3 heterocycles. The van der Waals surface area contributed by atoms with Gasteiger partial charge < -0.3 is 4.74 Å². The van der Waals surface area contributed by atoms with Crippen molar-refractivity contribution in [1.29, 1.82) is 0 Å². The van der Waals surface area contributed by atoms with Crippen LogP contribution in [0.4, 0.5) is 0 Å². The minimum Gasteiger partial charge on any atom is -0.380 e. The SMILES string of the molecule is Cc1ncsc1CN1Cc2cnn(C)c2C(COCC2CC2)C1. The van der Waals surface area contributed by atoms with Crippen molar-refractivity contribution in [3.8, 4) is 0 Å². The van der Waals surface area contributed by atoms with Crippen LogP contribution in [-0.4, -0.2) is 39.4 Å². The van der Waals surface area contributed by atoms with E-state index < -0.39 is 0 Å². The highest BCUT2D eigenvalue weighted by molar-refractivity contribution is 7.09. The van der Waals surface area contributed by atoms with Gasteiger partial charge in [0.25, 0.3) is 0 Å². The molecule has 0 spiro atoms. The maximum Gasteiger partial charge on any atom is 0.0798 e. The fourth-order valence-electron chi connectivity index (χ4n) is 3.44. The maximum atomic E-state index is 6.01. The van der Waals surface area contributed by atoms with Gasteiger partial charge in [-0.05, 0) is 25.7 Å². The van der Waals surface area contributed by atoms with Crippen LogP contribution in [0.2, 0.25) is 0 Å². The molecule has 1 aliphatic heterocycles. The van der Waals surface area contributed by atoms with Gasteiger partial charge in [0, 0.05) is 55.3 Å². The summed E-state index contributed by atoms with van der Waals surface area (Å²) in [4.78, 5) is 8.26. The molecule has 23 heavy (non-hydrogen) atoms. The van der Waals surface area contributed by atoms with Crippen molar-refractivity contribution in [2.24, 2.45) is 13.0 Å². The Bertz CT molecular complexity index is 676. The lowest BCUT2D eigenvalue weighted by Crippen LogP contribution is -2.35. The molecule has 124 valence electrons. The molecule has 1 saturated carbocycles. The quantitative estimate of drug-likeness (QED) is 0.816. The second-order valence-corrected chi connectivity index (χ2v) is 7.83. The van der Waals surface area contributed by atoms with E-state index in [1.54, 1.807) is 11.3 Å². The van der Waals surface area contributed by atoms with Gasteiger partial charge in [-0.15, -0.1) is 11.3 Å². The summed E-state index contributed by atoms with van der Waals surface area (Å²) in [7, 11) is 2.05. The summed E-state index contributed by atoms with van der Waals surface area (Å²) in [5.74, 6) is 1.23. The van der Waals surface area contributed by atoms with Crippen LogP contribution in [0.25, 0.3) is 0 Å². The van der Waals surface area contributed by atoms with Crippen LogP contribution >= 0.6 is 11.3 Å². The number of aryl methyl sites for hydroxylation is 2. The van der Waals surface area contributed by atoms with Crippen LogP contribution in [-0.2, 0) is 24.9 Å². The van der Waals surface area contributed by atoms with E-state index in [1.165, 1.54) is 29.0 Å². The molecule has 0 bridgehead atoms. The third-order valence-corrected chi connectivity index (χ3v) is 5.83. The third kappa shape index (κ3) is 3.34. The number of nitrogens with zero attached hydrogens (tertiary/aromatic N) is 4. The van der Waals surface area contributed by atoms with Crippen LogP contribution < -0.4 is 0 Å². The summed E-state index contributed by atoms with van der Waals surface area (Å²) in [5, 5.41) is 4.48. The van der Waals surface area contributed by atoms with E-state index in [2.05, 4.69) is 29.0 Å². The summed E-state index contributed by atoms with van der Waals surface area (Å²) >= 11 is 1.76. The first-order valence-corrected chi connectivity index (χ1v) is 9.28. The van der Waals surface area contributed by atoms with Gasteiger partial charge in [0.05, 0.1) is 24.0 Å². The predicted octanol–water partition coefficient (Wildman–Crippen LogP) is 2.71. The van der Waals surface area contributed by atoms with Crippen molar-refractivity contribution < 1.29 is 4.74 Å². The van der Waals surface area contributed by atoms with Gasteiger partial charge in [-0.3, -0.25) is 9.58 Å². The molecule has 1 aliphatic carbocycles. The molecule has 1 atom stereocenters. The van der Waals surface area contributed by atoms with E-state index in [1.807, 2.05) is 16.4 Å². The number of ether oxygens (including phenoxy) is 1. The summed E-state index contributed by atoms with van der Waals surface area (Å²) in [6.45, 7) is 6.82. The first kappa shape index (κ1) is 15.3. The molecule has 0 saturated heterocycles. The molecule has 1 unspecified atom stereocenters. The Morgan fingerprint density at radius 2 is 2.22 bits per heavy atom. The lowest BCUT2D eigenvalue weighted by atomic mass is 9.97. The van der Waals surface area contributed by atoms with Gasteiger partial charge in [-0.25, -0.2) is 4.98 Å².